The van der Waals surface area contributed by atoms with Crippen LogP contribution in [-0.2, 0) is 12.8 Å². The molecule has 1 rings (SSSR count). The van der Waals surface area contributed by atoms with Crippen LogP contribution in [0.15, 0.2) is 0 Å². The number of aromatic nitrogens is 2. The lowest BCUT2D eigenvalue weighted by Crippen LogP contribution is -2.15. The average molecular weight is 283 g/mol. The fourth-order valence-corrected chi connectivity index (χ4v) is 2.98. The predicted octanol–water partition coefficient (Wildman–Crippen LogP) is 3.98. The molecule has 0 atom stereocenters. The van der Waals surface area contributed by atoms with E-state index in [4.69, 9.17) is 0 Å². The minimum atomic E-state index is 1.02. The zero-order valence-corrected chi connectivity index (χ0v) is 13.4. The average Bonchev–Trinajstić information content (AvgIpc) is 2.86. The molecule has 1 aromatic rings. The van der Waals surface area contributed by atoms with Crippen molar-refractivity contribution in [3.63, 3.8) is 0 Å². The lowest BCUT2D eigenvalue weighted by molar-refractivity contribution is 0.588. The maximum absolute atomic E-state index is 4.28. The lowest BCUT2D eigenvalue weighted by Gasteiger charge is -1.99. The molecule has 0 fully saturated rings. The normalized spacial score (nSPS) is 11.1. The van der Waals surface area contributed by atoms with Crippen molar-refractivity contribution in [3.8, 4) is 0 Å². The van der Waals surface area contributed by atoms with Crippen LogP contribution in [0.3, 0.4) is 0 Å². The standard InChI is InChI=1S/C15H29N3S/c1-3-5-6-7-8-9-10-11-14-17-18-15(19-14)12-13-16-4-2/h16H,3-13H2,1-2H3. The maximum Gasteiger partial charge on any atom is 0.118 e. The number of likely N-dealkylation sites (N-methyl/N-ethyl adjacent to an activating group) is 1. The minimum Gasteiger partial charge on any atom is -0.317 e. The Morgan fingerprint density at radius 1 is 0.842 bits per heavy atom. The summed E-state index contributed by atoms with van der Waals surface area (Å²) in [5, 5.41) is 14.3. The van der Waals surface area contributed by atoms with E-state index in [0.29, 0.717) is 0 Å². The van der Waals surface area contributed by atoms with Crippen molar-refractivity contribution >= 4 is 11.3 Å². The second-order valence-electron chi connectivity index (χ2n) is 5.06. The van der Waals surface area contributed by atoms with Crippen molar-refractivity contribution in [2.24, 2.45) is 0 Å². The molecule has 0 bridgehead atoms. The SMILES string of the molecule is CCCCCCCCCc1nnc(CCNCC)s1. The number of aryl methyl sites for hydroxylation is 1. The Morgan fingerprint density at radius 2 is 1.47 bits per heavy atom. The highest BCUT2D eigenvalue weighted by Crippen LogP contribution is 2.14. The van der Waals surface area contributed by atoms with Gasteiger partial charge in [-0.1, -0.05) is 52.4 Å². The topological polar surface area (TPSA) is 37.8 Å². The van der Waals surface area contributed by atoms with Crippen LogP contribution in [0, 0.1) is 0 Å². The summed E-state index contributed by atoms with van der Waals surface area (Å²) in [5.74, 6) is 0. The second kappa shape index (κ2) is 11.4. The van der Waals surface area contributed by atoms with Gasteiger partial charge in [0.15, 0.2) is 0 Å². The molecule has 0 saturated heterocycles. The Balaban J connectivity index is 2.03. The van der Waals surface area contributed by atoms with Crippen LogP contribution < -0.4 is 5.32 Å². The molecule has 1 N–H and O–H groups in total. The Kier molecular flexibility index (Phi) is 9.91. The number of nitrogens with one attached hydrogen (secondary N) is 1. The van der Waals surface area contributed by atoms with Gasteiger partial charge in [0.2, 0.25) is 0 Å². The van der Waals surface area contributed by atoms with Crippen molar-refractivity contribution in [2.45, 2.75) is 71.6 Å². The van der Waals surface area contributed by atoms with Crippen LogP contribution in [-0.4, -0.2) is 23.3 Å². The van der Waals surface area contributed by atoms with E-state index in [-0.39, 0.29) is 0 Å². The number of unbranched alkanes of at least 4 members (excludes halogenated alkanes) is 6. The van der Waals surface area contributed by atoms with E-state index in [1.165, 1.54) is 55.0 Å². The third-order valence-corrected chi connectivity index (χ3v) is 4.31. The molecule has 19 heavy (non-hydrogen) atoms. The zero-order chi connectivity index (χ0) is 13.8. The van der Waals surface area contributed by atoms with Gasteiger partial charge in [-0.2, -0.15) is 0 Å². The summed E-state index contributed by atoms with van der Waals surface area (Å²) in [6.45, 7) is 6.45. The van der Waals surface area contributed by atoms with Crippen LogP contribution in [0.4, 0.5) is 0 Å². The maximum atomic E-state index is 4.28. The Labute approximate surface area is 122 Å². The minimum absolute atomic E-state index is 1.02. The van der Waals surface area contributed by atoms with Crippen LogP contribution >= 0.6 is 11.3 Å². The van der Waals surface area contributed by atoms with Gasteiger partial charge in [0.05, 0.1) is 0 Å². The highest BCUT2D eigenvalue weighted by Gasteiger charge is 2.03. The Bertz CT molecular complexity index is 312. The first-order valence-corrected chi connectivity index (χ1v) is 8.70. The van der Waals surface area contributed by atoms with Gasteiger partial charge in [0.1, 0.15) is 10.0 Å². The smallest absolute Gasteiger partial charge is 0.118 e. The number of nitrogens with zero attached hydrogens (tertiary/aromatic N) is 2. The molecule has 110 valence electrons. The molecule has 0 aliphatic rings. The molecule has 1 heterocycles. The van der Waals surface area contributed by atoms with E-state index in [0.717, 1.165) is 25.9 Å². The first-order chi connectivity index (χ1) is 9.36. The van der Waals surface area contributed by atoms with E-state index in [1.54, 1.807) is 11.3 Å². The molecular formula is C15H29N3S. The van der Waals surface area contributed by atoms with Gasteiger partial charge in [-0.15, -0.1) is 21.5 Å². The van der Waals surface area contributed by atoms with E-state index < -0.39 is 0 Å². The van der Waals surface area contributed by atoms with Gasteiger partial charge >= 0.3 is 0 Å². The fraction of sp³-hybridized carbons (Fsp3) is 0.867. The van der Waals surface area contributed by atoms with Crippen LogP contribution in [0.5, 0.6) is 0 Å². The Morgan fingerprint density at radius 3 is 2.16 bits per heavy atom. The molecule has 0 radical (unpaired) electrons. The van der Waals surface area contributed by atoms with Crippen LogP contribution in [0.2, 0.25) is 0 Å². The quantitative estimate of drug-likeness (QED) is 0.590. The van der Waals surface area contributed by atoms with Crippen LogP contribution in [0.1, 0.15) is 68.8 Å². The summed E-state index contributed by atoms with van der Waals surface area (Å²) in [4.78, 5) is 0. The molecule has 0 aliphatic heterocycles. The van der Waals surface area contributed by atoms with E-state index >= 15 is 0 Å². The predicted molar refractivity (Wildman–Crippen MR) is 83.9 cm³/mol. The molecule has 0 amide bonds. The molecule has 4 heteroatoms. The monoisotopic (exact) mass is 283 g/mol. The van der Waals surface area contributed by atoms with Crippen molar-refractivity contribution < 1.29 is 0 Å². The van der Waals surface area contributed by atoms with Crippen molar-refractivity contribution in [3.05, 3.63) is 10.0 Å². The largest absolute Gasteiger partial charge is 0.317 e. The summed E-state index contributed by atoms with van der Waals surface area (Å²) in [7, 11) is 0. The lowest BCUT2D eigenvalue weighted by atomic mass is 10.1. The van der Waals surface area contributed by atoms with E-state index in [2.05, 4.69) is 29.4 Å². The van der Waals surface area contributed by atoms with Crippen molar-refractivity contribution in [1.29, 1.82) is 0 Å². The third kappa shape index (κ3) is 8.32. The fourth-order valence-electron chi connectivity index (χ4n) is 2.10. The molecule has 0 saturated carbocycles. The first-order valence-electron chi connectivity index (χ1n) is 7.88. The summed E-state index contributed by atoms with van der Waals surface area (Å²) in [6, 6.07) is 0. The number of rotatable bonds is 12. The highest BCUT2D eigenvalue weighted by molar-refractivity contribution is 7.11. The molecule has 0 aromatic carbocycles. The molecular weight excluding hydrogens is 254 g/mol. The van der Waals surface area contributed by atoms with E-state index in [1.807, 2.05) is 0 Å². The summed E-state index contributed by atoms with van der Waals surface area (Å²) in [6.07, 6.45) is 11.7. The van der Waals surface area contributed by atoms with Crippen LogP contribution in [0.25, 0.3) is 0 Å². The Hall–Kier alpha value is -0.480. The highest BCUT2D eigenvalue weighted by atomic mass is 32.1. The summed E-state index contributed by atoms with van der Waals surface area (Å²) in [5.41, 5.74) is 0. The second-order valence-corrected chi connectivity index (χ2v) is 6.21. The first kappa shape index (κ1) is 16.6. The van der Waals surface area contributed by atoms with Gasteiger partial charge in [-0.25, -0.2) is 0 Å². The molecule has 0 spiro atoms. The molecule has 0 aliphatic carbocycles. The van der Waals surface area contributed by atoms with Crippen molar-refractivity contribution in [2.75, 3.05) is 13.1 Å². The van der Waals surface area contributed by atoms with Gasteiger partial charge in [0, 0.05) is 19.4 Å². The van der Waals surface area contributed by atoms with Crippen molar-refractivity contribution in [1.82, 2.24) is 15.5 Å². The van der Waals surface area contributed by atoms with E-state index in [9.17, 15) is 0 Å². The summed E-state index contributed by atoms with van der Waals surface area (Å²) < 4.78 is 0. The van der Waals surface area contributed by atoms with Gasteiger partial charge < -0.3 is 5.32 Å². The zero-order valence-electron chi connectivity index (χ0n) is 12.6. The summed E-state index contributed by atoms with van der Waals surface area (Å²) >= 11 is 1.79. The molecule has 1 aromatic heterocycles. The van der Waals surface area contributed by atoms with Gasteiger partial charge in [0.25, 0.3) is 0 Å². The molecule has 3 nitrogen and oxygen atoms in total. The molecule has 0 unspecified atom stereocenters. The van der Waals surface area contributed by atoms with Gasteiger partial charge in [-0.05, 0) is 13.0 Å². The number of hydrogen-bond donors (Lipinski definition) is 1. The van der Waals surface area contributed by atoms with Gasteiger partial charge in [-0.3, -0.25) is 0 Å². The third-order valence-electron chi connectivity index (χ3n) is 3.27. The number of hydrogen-bond acceptors (Lipinski definition) is 4.